The first-order valence-electron chi connectivity index (χ1n) is 5.41. The zero-order valence-electron chi connectivity index (χ0n) is 9.29. The van der Waals surface area contributed by atoms with Crippen molar-refractivity contribution >= 4 is 5.97 Å². The van der Waals surface area contributed by atoms with Gasteiger partial charge in [0, 0.05) is 6.08 Å². The van der Waals surface area contributed by atoms with Gasteiger partial charge in [0.15, 0.2) is 0 Å². The highest BCUT2D eigenvalue weighted by atomic mass is 16.4. The van der Waals surface area contributed by atoms with Gasteiger partial charge in [-0.25, -0.2) is 4.79 Å². The Hall–Kier alpha value is -0.790. The summed E-state index contributed by atoms with van der Waals surface area (Å²) < 4.78 is 0. The summed E-state index contributed by atoms with van der Waals surface area (Å²) in [6.07, 6.45) is 6.87. The summed E-state index contributed by atoms with van der Waals surface area (Å²) in [5, 5.41) is 8.54. The SMILES string of the molecule is CCCC[C@H]1[C@H](/C=C/C(=O)O)C1(C)C. The Labute approximate surface area is 86.0 Å². The highest BCUT2D eigenvalue weighted by Crippen LogP contribution is 2.61. The van der Waals surface area contributed by atoms with Crippen LogP contribution in [0, 0.1) is 17.3 Å². The molecule has 1 aliphatic rings. The van der Waals surface area contributed by atoms with Crippen LogP contribution in [0.2, 0.25) is 0 Å². The molecule has 0 spiro atoms. The number of carboxylic acid groups (broad SMARTS) is 1. The third-order valence-electron chi connectivity index (χ3n) is 3.45. The molecular formula is C12H20O2. The minimum atomic E-state index is -0.832. The van der Waals surface area contributed by atoms with Crippen LogP contribution in [0.25, 0.3) is 0 Å². The van der Waals surface area contributed by atoms with Crippen molar-refractivity contribution < 1.29 is 9.90 Å². The molecule has 0 aliphatic heterocycles. The molecule has 0 saturated heterocycles. The van der Waals surface area contributed by atoms with Gasteiger partial charge in [0.05, 0.1) is 0 Å². The Balaban J connectivity index is 2.44. The maximum absolute atomic E-state index is 10.4. The molecule has 14 heavy (non-hydrogen) atoms. The van der Waals surface area contributed by atoms with E-state index in [-0.39, 0.29) is 0 Å². The highest BCUT2D eigenvalue weighted by molar-refractivity contribution is 5.79. The van der Waals surface area contributed by atoms with E-state index in [0.717, 1.165) is 0 Å². The summed E-state index contributed by atoms with van der Waals surface area (Å²) >= 11 is 0. The Kier molecular flexibility index (Phi) is 3.35. The summed E-state index contributed by atoms with van der Waals surface area (Å²) in [6.45, 7) is 6.64. The quantitative estimate of drug-likeness (QED) is 0.686. The molecule has 0 aromatic heterocycles. The number of allylic oxidation sites excluding steroid dienone is 1. The second-order valence-electron chi connectivity index (χ2n) is 4.79. The normalized spacial score (nSPS) is 29.4. The van der Waals surface area contributed by atoms with Crippen LogP contribution in [0.4, 0.5) is 0 Å². The summed E-state index contributed by atoms with van der Waals surface area (Å²) in [4.78, 5) is 10.4. The molecule has 0 bridgehead atoms. The van der Waals surface area contributed by atoms with Crippen molar-refractivity contribution in [2.45, 2.75) is 40.0 Å². The lowest BCUT2D eigenvalue weighted by molar-refractivity contribution is -0.131. The van der Waals surface area contributed by atoms with Gasteiger partial charge in [-0.3, -0.25) is 0 Å². The molecule has 2 nitrogen and oxygen atoms in total. The second kappa shape index (κ2) is 4.16. The van der Waals surface area contributed by atoms with E-state index in [4.69, 9.17) is 5.11 Å². The van der Waals surface area contributed by atoms with E-state index in [9.17, 15) is 4.79 Å². The van der Waals surface area contributed by atoms with E-state index in [2.05, 4.69) is 20.8 Å². The lowest BCUT2D eigenvalue weighted by Crippen LogP contribution is -1.90. The average molecular weight is 196 g/mol. The topological polar surface area (TPSA) is 37.3 Å². The molecule has 0 aromatic carbocycles. The van der Waals surface area contributed by atoms with Gasteiger partial charge in [-0.15, -0.1) is 0 Å². The predicted molar refractivity (Wildman–Crippen MR) is 57.1 cm³/mol. The van der Waals surface area contributed by atoms with Gasteiger partial charge in [0.1, 0.15) is 0 Å². The number of hydrogen-bond donors (Lipinski definition) is 1. The van der Waals surface area contributed by atoms with Gasteiger partial charge < -0.3 is 5.11 Å². The van der Waals surface area contributed by atoms with Crippen LogP contribution in [0.1, 0.15) is 40.0 Å². The second-order valence-corrected chi connectivity index (χ2v) is 4.79. The van der Waals surface area contributed by atoms with Crippen molar-refractivity contribution in [2.24, 2.45) is 17.3 Å². The molecule has 0 radical (unpaired) electrons. The van der Waals surface area contributed by atoms with Crippen LogP contribution in [0.15, 0.2) is 12.2 Å². The lowest BCUT2D eigenvalue weighted by Gasteiger charge is -1.99. The molecule has 1 rings (SSSR count). The molecule has 0 unspecified atom stereocenters. The number of aliphatic carboxylic acids is 1. The van der Waals surface area contributed by atoms with Crippen LogP contribution in [0.5, 0.6) is 0 Å². The van der Waals surface area contributed by atoms with E-state index in [1.807, 2.05) is 6.08 Å². The average Bonchev–Trinajstić information content (AvgIpc) is 2.60. The predicted octanol–water partition coefficient (Wildman–Crippen LogP) is 3.09. The molecule has 2 heteroatoms. The first kappa shape index (κ1) is 11.3. The van der Waals surface area contributed by atoms with E-state index in [0.29, 0.717) is 17.3 Å². The number of rotatable bonds is 5. The number of carboxylic acids is 1. The van der Waals surface area contributed by atoms with Crippen LogP contribution < -0.4 is 0 Å². The molecule has 1 aliphatic carbocycles. The summed E-state index contributed by atoms with van der Waals surface area (Å²) in [7, 11) is 0. The fourth-order valence-electron chi connectivity index (χ4n) is 2.33. The van der Waals surface area contributed by atoms with Crippen LogP contribution in [-0.2, 0) is 4.79 Å². The molecule has 80 valence electrons. The Morgan fingerprint density at radius 2 is 2.14 bits per heavy atom. The number of carbonyl (C=O) groups is 1. The van der Waals surface area contributed by atoms with Crippen molar-refractivity contribution in [1.29, 1.82) is 0 Å². The van der Waals surface area contributed by atoms with E-state index < -0.39 is 5.97 Å². The van der Waals surface area contributed by atoms with Crippen LogP contribution >= 0.6 is 0 Å². The molecule has 0 amide bonds. The minimum Gasteiger partial charge on any atom is -0.478 e. The fraction of sp³-hybridized carbons (Fsp3) is 0.750. The molecule has 1 saturated carbocycles. The summed E-state index contributed by atoms with van der Waals surface area (Å²) in [6, 6.07) is 0. The monoisotopic (exact) mass is 196 g/mol. The Bertz CT molecular complexity index is 241. The van der Waals surface area contributed by atoms with Gasteiger partial charge in [0.2, 0.25) is 0 Å². The standard InChI is InChI=1S/C12H20O2/c1-4-5-6-9-10(12(9,2)3)7-8-11(13)14/h7-10H,4-6H2,1-3H3,(H,13,14)/b8-7+/t9-,10-/m0/s1. The number of unbranched alkanes of at least 4 members (excludes halogenated alkanes) is 1. The third-order valence-corrected chi connectivity index (χ3v) is 3.45. The molecule has 0 heterocycles. The van der Waals surface area contributed by atoms with Gasteiger partial charge in [0.25, 0.3) is 0 Å². The highest BCUT2D eigenvalue weighted by Gasteiger charge is 2.54. The van der Waals surface area contributed by atoms with Crippen molar-refractivity contribution in [2.75, 3.05) is 0 Å². The van der Waals surface area contributed by atoms with Gasteiger partial charge >= 0.3 is 5.97 Å². The van der Waals surface area contributed by atoms with Gasteiger partial charge in [-0.2, -0.15) is 0 Å². The summed E-state index contributed by atoms with van der Waals surface area (Å²) in [5.74, 6) is 0.338. The van der Waals surface area contributed by atoms with Crippen LogP contribution in [-0.4, -0.2) is 11.1 Å². The van der Waals surface area contributed by atoms with E-state index in [1.54, 1.807) is 0 Å². The summed E-state index contributed by atoms with van der Waals surface area (Å²) in [5.41, 5.74) is 0.321. The third kappa shape index (κ3) is 2.37. The number of hydrogen-bond acceptors (Lipinski definition) is 1. The molecule has 1 fully saturated rings. The van der Waals surface area contributed by atoms with Crippen molar-refractivity contribution in [3.8, 4) is 0 Å². The smallest absolute Gasteiger partial charge is 0.327 e. The first-order chi connectivity index (χ1) is 6.50. The Morgan fingerprint density at radius 3 is 2.64 bits per heavy atom. The van der Waals surface area contributed by atoms with Crippen molar-refractivity contribution in [1.82, 2.24) is 0 Å². The fourth-order valence-corrected chi connectivity index (χ4v) is 2.33. The van der Waals surface area contributed by atoms with E-state index >= 15 is 0 Å². The lowest BCUT2D eigenvalue weighted by atomic mass is 10.1. The zero-order chi connectivity index (χ0) is 10.8. The molecular weight excluding hydrogens is 176 g/mol. The van der Waals surface area contributed by atoms with Gasteiger partial charge in [-0.05, 0) is 23.7 Å². The van der Waals surface area contributed by atoms with Crippen molar-refractivity contribution in [3.63, 3.8) is 0 Å². The molecule has 1 N–H and O–H groups in total. The molecule has 2 atom stereocenters. The van der Waals surface area contributed by atoms with E-state index in [1.165, 1.54) is 25.3 Å². The Morgan fingerprint density at radius 1 is 1.50 bits per heavy atom. The maximum atomic E-state index is 10.4. The first-order valence-corrected chi connectivity index (χ1v) is 5.41. The zero-order valence-corrected chi connectivity index (χ0v) is 9.29. The largest absolute Gasteiger partial charge is 0.478 e. The minimum absolute atomic E-state index is 0.321. The van der Waals surface area contributed by atoms with Crippen molar-refractivity contribution in [3.05, 3.63) is 12.2 Å². The maximum Gasteiger partial charge on any atom is 0.327 e. The van der Waals surface area contributed by atoms with Gasteiger partial charge in [-0.1, -0.05) is 39.7 Å². The molecule has 0 aromatic rings. The van der Waals surface area contributed by atoms with Crippen LogP contribution in [0.3, 0.4) is 0 Å².